The van der Waals surface area contributed by atoms with E-state index in [1.807, 2.05) is 0 Å². The van der Waals surface area contributed by atoms with Gasteiger partial charge in [-0.2, -0.15) is 0 Å². The first kappa shape index (κ1) is 66.6. The first-order valence-corrected chi connectivity index (χ1v) is 30.9. The highest BCUT2D eigenvalue weighted by Gasteiger charge is 2.20. The van der Waals surface area contributed by atoms with E-state index in [2.05, 4.69) is 31.3 Å². The van der Waals surface area contributed by atoms with E-state index in [-0.39, 0.29) is 18.5 Å². The number of esters is 1. The second-order valence-corrected chi connectivity index (χ2v) is 21.4. The average Bonchev–Trinajstić information content (AvgIpc) is 3.34. The van der Waals surface area contributed by atoms with Crippen molar-refractivity contribution < 1.29 is 24.5 Å². The molecule has 0 aliphatic rings. The molecule has 0 bridgehead atoms. The minimum Gasteiger partial charge on any atom is -0.466 e. The lowest BCUT2D eigenvalue weighted by molar-refractivity contribution is -0.143. The van der Waals surface area contributed by atoms with Gasteiger partial charge in [0.05, 0.1) is 25.4 Å². The molecular weight excluding hydrogens is 839 g/mol. The van der Waals surface area contributed by atoms with Crippen molar-refractivity contribution in [1.29, 1.82) is 0 Å². The van der Waals surface area contributed by atoms with Gasteiger partial charge in [0.1, 0.15) is 0 Å². The molecule has 0 aliphatic heterocycles. The van der Waals surface area contributed by atoms with E-state index in [4.69, 9.17) is 4.74 Å². The zero-order valence-corrected chi connectivity index (χ0v) is 46.1. The summed E-state index contributed by atoms with van der Waals surface area (Å²) in [6.45, 7) is 4.96. The van der Waals surface area contributed by atoms with Crippen molar-refractivity contribution in [2.75, 3.05) is 13.2 Å². The summed E-state index contributed by atoms with van der Waals surface area (Å²) in [5.41, 5.74) is 0. The van der Waals surface area contributed by atoms with E-state index in [9.17, 15) is 19.8 Å². The smallest absolute Gasteiger partial charge is 0.305 e. The summed E-state index contributed by atoms with van der Waals surface area (Å²) >= 11 is 0. The number of carbonyl (C=O) groups excluding carboxylic acids is 2. The second kappa shape index (κ2) is 58.2. The van der Waals surface area contributed by atoms with Gasteiger partial charge in [-0.15, -0.1) is 0 Å². The Morgan fingerprint density at radius 3 is 1.04 bits per heavy atom. The van der Waals surface area contributed by atoms with Crippen molar-refractivity contribution in [3.63, 3.8) is 0 Å². The van der Waals surface area contributed by atoms with E-state index < -0.39 is 12.1 Å². The molecule has 0 aromatic heterocycles. The highest BCUT2D eigenvalue weighted by Crippen LogP contribution is 2.18. The molecule has 0 heterocycles. The van der Waals surface area contributed by atoms with Crippen molar-refractivity contribution in [2.45, 2.75) is 360 Å². The van der Waals surface area contributed by atoms with Crippen LogP contribution in [0.1, 0.15) is 348 Å². The Morgan fingerprint density at radius 1 is 0.397 bits per heavy atom. The molecule has 0 saturated heterocycles. The number of hydrogen-bond donors (Lipinski definition) is 3. The Hall–Kier alpha value is -1.40. The molecule has 68 heavy (non-hydrogen) atoms. The first-order valence-electron chi connectivity index (χ1n) is 30.9. The maximum absolute atomic E-state index is 12.5. The lowest BCUT2D eigenvalue weighted by atomic mass is 10.0. The van der Waals surface area contributed by atoms with Crippen LogP contribution in [0.25, 0.3) is 0 Å². The third-order valence-corrected chi connectivity index (χ3v) is 14.6. The predicted octanol–water partition coefficient (Wildman–Crippen LogP) is 19.2. The van der Waals surface area contributed by atoms with Gasteiger partial charge in [-0.05, 0) is 51.4 Å². The molecule has 1 amide bonds. The molecule has 0 fully saturated rings. The minimum atomic E-state index is -0.671. The summed E-state index contributed by atoms with van der Waals surface area (Å²) < 4.78 is 5.48. The Balaban J connectivity index is 3.42. The number of aliphatic hydroxyl groups excluding tert-OH is 2. The topological polar surface area (TPSA) is 95.9 Å². The monoisotopic (exact) mass is 960 g/mol. The van der Waals surface area contributed by atoms with Gasteiger partial charge in [-0.3, -0.25) is 9.59 Å². The largest absolute Gasteiger partial charge is 0.466 e. The number of carbonyl (C=O) groups is 2. The zero-order valence-electron chi connectivity index (χ0n) is 46.1. The van der Waals surface area contributed by atoms with Gasteiger partial charge in [-0.25, -0.2) is 0 Å². The van der Waals surface area contributed by atoms with Gasteiger partial charge in [0, 0.05) is 12.8 Å². The molecule has 6 heteroatoms. The molecular formula is C62H121NO5. The predicted molar refractivity (Wildman–Crippen MR) is 297 cm³/mol. The van der Waals surface area contributed by atoms with Crippen LogP contribution in [-0.2, 0) is 14.3 Å². The van der Waals surface area contributed by atoms with Crippen LogP contribution < -0.4 is 5.32 Å². The maximum Gasteiger partial charge on any atom is 0.305 e. The van der Waals surface area contributed by atoms with Crippen LogP contribution in [0.4, 0.5) is 0 Å². The fourth-order valence-electron chi connectivity index (χ4n) is 9.81. The molecule has 2 atom stereocenters. The number of amides is 1. The fraction of sp³-hybridized carbons (Fsp3) is 0.935. The van der Waals surface area contributed by atoms with Gasteiger partial charge < -0.3 is 20.3 Å². The van der Waals surface area contributed by atoms with Crippen molar-refractivity contribution >= 4 is 11.9 Å². The normalized spacial score (nSPS) is 12.6. The SMILES string of the molecule is CCCCCCCC/C=C\CCCCCCCC(=O)OCCCCCCCCCCCCCCCCCC(=O)NC(CO)C(O)CCCCCCCCCCCCCCCCCCCCCCC. The molecule has 0 aliphatic carbocycles. The molecule has 0 rings (SSSR count). The van der Waals surface area contributed by atoms with Gasteiger partial charge in [0.15, 0.2) is 0 Å². The third kappa shape index (κ3) is 53.9. The Morgan fingerprint density at radius 2 is 0.691 bits per heavy atom. The van der Waals surface area contributed by atoms with Gasteiger partial charge in [-0.1, -0.05) is 296 Å². The Bertz CT molecular complexity index is 1020. The number of aliphatic hydroxyl groups is 2. The number of ether oxygens (including phenoxy) is 1. The summed E-state index contributed by atoms with van der Waals surface area (Å²) in [4.78, 5) is 24.6. The van der Waals surface area contributed by atoms with Crippen molar-refractivity contribution in [3.05, 3.63) is 12.2 Å². The summed E-state index contributed by atoms with van der Waals surface area (Å²) in [6, 6.07) is -0.548. The Labute approximate surface area is 425 Å². The molecule has 404 valence electrons. The van der Waals surface area contributed by atoms with Crippen molar-refractivity contribution in [1.82, 2.24) is 5.32 Å². The summed E-state index contributed by atoms with van der Waals surface area (Å²) in [6.07, 6.45) is 69.2. The van der Waals surface area contributed by atoms with E-state index in [1.165, 1.54) is 263 Å². The van der Waals surface area contributed by atoms with Crippen LogP contribution in [0.2, 0.25) is 0 Å². The zero-order chi connectivity index (χ0) is 49.3. The number of nitrogens with one attached hydrogen (secondary N) is 1. The highest BCUT2D eigenvalue weighted by atomic mass is 16.5. The number of unbranched alkanes of at least 4 members (excludes halogenated alkanes) is 45. The van der Waals surface area contributed by atoms with Crippen LogP contribution in [0.5, 0.6) is 0 Å². The van der Waals surface area contributed by atoms with E-state index in [0.717, 1.165) is 51.4 Å². The fourth-order valence-corrected chi connectivity index (χ4v) is 9.81. The van der Waals surface area contributed by atoms with Gasteiger partial charge >= 0.3 is 5.97 Å². The summed E-state index contributed by atoms with van der Waals surface area (Å²) in [5, 5.41) is 23.4. The van der Waals surface area contributed by atoms with E-state index in [0.29, 0.717) is 25.9 Å². The molecule has 0 saturated carbocycles. The minimum absolute atomic E-state index is 0.00608. The maximum atomic E-state index is 12.5. The molecule has 0 spiro atoms. The summed E-state index contributed by atoms with van der Waals surface area (Å²) in [5.74, 6) is -0.0459. The van der Waals surface area contributed by atoms with Gasteiger partial charge in [0.2, 0.25) is 5.91 Å². The number of allylic oxidation sites excluding steroid dienone is 2. The lowest BCUT2D eigenvalue weighted by Gasteiger charge is -2.22. The molecule has 2 unspecified atom stereocenters. The molecule has 0 radical (unpaired) electrons. The van der Waals surface area contributed by atoms with E-state index >= 15 is 0 Å². The van der Waals surface area contributed by atoms with E-state index in [1.54, 1.807) is 0 Å². The molecule has 6 nitrogen and oxygen atoms in total. The highest BCUT2D eigenvalue weighted by molar-refractivity contribution is 5.76. The van der Waals surface area contributed by atoms with Crippen LogP contribution >= 0.6 is 0 Å². The number of rotatable bonds is 58. The van der Waals surface area contributed by atoms with Crippen molar-refractivity contribution in [2.24, 2.45) is 0 Å². The standard InChI is InChI=1S/C62H121NO5/c1-3-5-7-9-11-13-15-17-19-20-21-22-23-24-27-30-34-38-42-46-50-54-60(65)59(58-64)63-61(66)55-51-47-43-39-35-31-28-25-29-33-37-41-45-49-53-57-68-62(67)56-52-48-44-40-36-32-26-18-16-14-12-10-8-6-4-2/h18,26,59-60,64-65H,3-17,19-25,27-58H2,1-2H3,(H,63,66)/b26-18-. The molecule has 3 N–H and O–H groups in total. The molecule has 0 aromatic rings. The van der Waals surface area contributed by atoms with Crippen LogP contribution in [0, 0.1) is 0 Å². The summed E-state index contributed by atoms with van der Waals surface area (Å²) in [7, 11) is 0. The van der Waals surface area contributed by atoms with Crippen LogP contribution in [0.3, 0.4) is 0 Å². The van der Waals surface area contributed by atoms with Gasteiger partial charge in [0.25, 0.3) is 0 Å². The second-order valence-electron chi connectivity index (χ2n) is 21.4. The first-order chi connectivity index (χ1) is 33.5. The quantitative estimate of drug-likeness (QED) is 0.0321. The lowest BCUT2D eigenvalue weighted by Crippen LogP contribution is -2.45. The number of hydrogen-bond acceptors (Lipinski definition) is 5. The average molecular weight is 961 g/mol. The third-order valence-electron chi connectivity index (χ3n) is 14.6. The Kier molecular flexibility index (Phi) is 57.0. The van der Waals surface area contributed by atoms with Crippen LogP contribution in [-0.4, -0.2) is 47.4 Å². The van der Waals surface area contributed by atoms with Crippen molar-refractivity contribution in [3.8, 4) is 0 Å². The van der Waals surface area contributed by atoms with Crippen LogP contribution in [0.15, 0.2) is 12.2 Å². The molecule has 0 aromatic carbocycles.